The third kappa shape index (κ3) is 2.79. The van der Waals surface area contributed by atoms with Gasteiger partial charge in [-0.1, -0.05) is 11.6 Å². The van der Waals surface area contributed by atoms with E-state index in [0.29, 0.717) is 11.7 Å². The highest BCUT2D eigenvalue weighted by atomic mass is 32.1. The van der Waals surface area contributed by atoms with Crippen LogP contribution in [0.5, 0.6) is 0 Å². The zero-order valence-corrected chi connectivity index (χ0v) is 15.9. The van der Waals surface area contributed by atoms with Gasteiger partial charge in [0, 0.05) is 35.1 Å². The Morgan fingerprint density at radius 2 is 1.92 bits per heavy atom. The van der Waals surface area contributed by atoms with Crippen LogP contribution in [0.15, 0.2) is 16.0 Å². The number of aromatic nitrogens is 1. The van der Waals surface area contributed by atoms with E-state index in [1.165, 1.54) is 37.2 Å². The van der Waals surface area contributed by atoms with Gasteiger partial charge in [-0.2, -0.15) is 0 Å². The fourth-order valence-corrected chi connectivity index (χ4v) is 5.64. The summed E-state index contributed by atoms with van der Waals surface area (Å²) in [6, 6.07) is 2.74. The van der Waals surface area contributed by atoms with Crippen molar-refractivity contribution in [1.29, 1.82) is 0 Å². The first-order valence-electron chi connectivity index (χ1n) is 9.90. The zero-order chi connectivity index (χ0) is 17.5. The van der Waals surface area contributed by atoms with E-state index < -0.39 is 0 Å². The fraction of sp³-hybridized carbons (Fsp3) is 0.600. The number of amides is 1. The third-order valence-corrected chi connectivity index (χ3v) is 7.22. The summed E-state index contributed by atoms with van der Waals surface area (Å²) in [5, 5.41) is 6.28. The Balaban J connectivity index is 1.29. The van der Waals surface area contributed by atoms with Gasteiger partial charge in [-0.25, -0.2) is 0 Å². The topological polar surface area (TPSA) is 49.6 Å². The van der Waals surface area contributed by atoms with E-state index in [1.807, 2.05) is 4.90 Å². The maximum atomic E-state index is 13.1. The zero-order valence-electron chi connectivity index (χ0n) is 15.1. The van der Waals surface area contributed by atoms with Gasteiger partial charge in [0.05, 0.1) is 0 Å². The predicted molar refractivity (Wildman–Crippen MR) is 102 cm³/mol. The first kappa shape index (κ1) is 16.5. The third-order valence-electron chi connectivity index (χ3n) is 6.24. The Bertz CT molecular complexity index is 798. The van der Waals surface area contributed by atoms with Gasteiger partial charge in [0.1, 0.15) is 0 Å². The molecule has 0 bridgehead atoms. The van der Waals surface area contributed by atoms with Crippen LogP contribution in [0.25, 0.3) is 11.3 Å². The maximum Gasteiger partial charge on any atom is 0.276 e. The summed E-state index contributed by atoms with van der Waals surface area (Å²) in [4.78, 5) is 19.0. The number of carbonyl (C=O) groups is 1. The summed E-state index contributed by atoms with van der Waals surface area (Å²) in [6.45, 7) is 4.15. The Hall–Kier alpha value is -1.66. The molecule has 2 saturated heterocycles. The van der Waals surface area contributed by atoms with Crippen molar-refractivity contribution in [3.8, 4) is 11.3 Å². The largest absolute Gasteiger partial charge is 0.355 e. The molecule has 0 unspecified atom stereocenters. The molecule has 1 amide bonds. The molecule has 2 aromatic heterocycles. The van der Waals surface area contributed by atoms with Crippen molar-refractivity contribution >= 4 is 17.2 Å². The molecule has 0 atom stereocenters. The van der Waals surface area contributed by atoms with E-state index in [0.717, 1.165) is 55.7 Å². The number of carbonyl (C=O) groups excluding carboxylic acids is 1. The molecule has 2 fully saturated rings. The molecule has 0 saturated carbocycles. The molecule has 6 heteroatoms. The molecule has 2 aromatic rings. The molecule has 26 heavy (non-hydrogen) atoms. The van der Waals surface area contributed by atoms with Gasteiger partial charge in [-0.15, -0.1) is 11.3 Å². The molecule has 4 heterocycles. The number of rotatable bonds is 2. The van der Waals surface area contributed by atoms with Crippen LogP contribution in [0, 0.1) is 0 Å². The van der Waals surface area contributed by atoms with E-state index >= 15 is 0 Å². The lowest BCUT2D eigenvalue weighted by molar-refractivity contribution is 0.0580. The number of nitrogens with zero attached hydrogens (tertiary/aromatic N) is 3. The van der Waals surface area contributed by atoms with Gasteiger partial charge >= 0.3 is 0 Å². The molecule has 0 spiro atoms. The number of piperidine rings is 2. The minimum Gasteiger partial charge on any atom is -0.355 e. The summed E-state index contributed by atoms with van der Waals surface area (Å²) in [6.07, 6.45) is 8.04. The van der Waals surface area contributed by atoms with Crippen molar-refractivity contribution in [1.82, 2.24) is 15.0 Å². The van der Waals surface area contributed by atoms with Crippen LogP contribution in [0.4, 0.5) is 0 Å². The molecule has 0 aromatic carbocycles. The van der Waals surface area contributed by atoms with Crippen LogP contribution in [-0.4, -0.2) is 53.1 Å². The first-order chi connectivity index (χ1) is 12.8. The molecule has 5 rings (SSSR count). The monoisotopic (exact) mass is 371 g/mol. The summed E-state index contributed by atoms with van der Waals surface area (Å²) < 4.78 is 5.60. The molecule has 3 aliphatic rings. The summed E-state index contributed by atoms with van der Waals surface area (Å²) in [5.41, 5.74) is 2.69. The molecule has 0 N–H and O–H groups in total. The van der Waals surface area contributed by atoms with Crippen LogP contribution in [-0.2, 0) is 12.8 Å². The van der Waals surface area contributed by atoms with E-state index in [9.17, 15) is 4.79 Å². The Morgan fingerprint density at radius 3 is 2.73 bits per heavy atom. The summed E-state index contributed by atoms with van der Waals surface area (Å²) in [5.74, 6) is 0.879. The molecule has 1 aliphatic carbocycles. The first-order valence-corrected chi connectivity index (χ1v) is 10.8. The second-order valence-electron chi connectivity index (χ2n) is 7.72. The Kier molecular flexibility index (Phi) is 4.33. The van der Waals surface area contributed by atoms with Crippen LogP contribution >= 0.6 is 11.3 Å². The van der Waals surface area contributed by atoms with Crippen molar-refractivity contribution < 1.29 is 9.32 Å². The van der Waals surface area contributed by atoms with Crippen molar-refractivity contribution in [2.24, 2.45) is 0 Å². The standard InChI is InChI=1S/C20H25N3O2S/c24-20(23-11-6-14(7-12-23)22-9-2-1-3-10-22)18-16-4-5-17-15(8-13-26-17)19(16)25-21-18/h8,13-14H,1-7,9-12H2. The highest BCUT2D eigenvalue weighted by Crippen LogP contribution is 2.38. The second-order valence-corrected chi connectivity index (χ2v) is 8.72. The number of fused-ring (bicyclic) bond motifs is 3. The Morgan fingerprint density at radius 1 is 1.12 bits per heavy atom. The lowest BCUT2D eigenvalue weighted by atomic mass is 9.94. The summed E-state index contributed by atoms with van der Waals surface area (Å²) >= 11 is 1.76. The predicted octanol–water partition coefficient (Wildman–Crippen LogP) is 3.59. The lowest BCUT2D eigenvalue weighted by Crippen LogP contribution is -2.48. The minimum absolute atomic E-state index is 0.0609. The van der Waals surface area contributed by atoms with E-state index in [-0.39, 0.29) is 5.91 Å². The van der Waals surface area contributed by atoms with Gasteiger partial charge in [-0.3, -0.25) is 4.79 Å². The van der Waals surface area contributed by atoms with Gasteiger partial charge < -0.3 is 14.3 Å². The number of hydrogen-bond acceptors (Lipinski definition) is 5. The van der Waals surface area contributed by atoms with Crippen molar-refractivity contribution in [3.63, 3.8) is 0 Å². The normalized spacial score (nSPS) is 21.5. The van der Waals surface area contributed by atoms with Crippen molar-refractivity contribution in [2.45, 2.75) is 51.0 Å². The average molecular weight is 372 g/mol. The lowest BCUT2D eigenvalue weighted by Gasteiger charge is -2.40. The highest BCUT2D eigenvalue weighted by molar-refractivity contribution is 7.10. The van der Waals surface area contributed by atoms with E-state index in [2.05, 4.69) is 21.5 Å². The Labute approximate surface area is 158 Å². The number of aryl methyl sites for hydroxylation is 1. The SMILES string of the molecule is O=C(c1noc2c1CCc1sccc1-2)N1CCC(N2CCCCC2)CC1. The molecule has 0 radical (unpaired) electrons. The van der Waals surface area contributed by atoms with Gasteiger partial charge in [0.2, 0.25) is 0 Å². The number of thiophene rings is 1. The summed E-state index contributed by atoms with van der Waals surface area (Å²) in [7, 11) is 0. The van der Waals surface area contributed by atoms with Crippen LogP contribution in [0.2, 0.25) is 0 Å². The van der Waals surface area contributed by atoms with Crippen molar-refractivity contribution in [2.75, 3.05) is 26.2 Å². The van der Waals surface area contributed by atoms with Crippen LogP contribution in [0.3, 0.4) is 0 Å². The van der Waals surface area contributed by atoms with Crippen molar-refractivity contribution in [3.05, 3.63) is 27.6 Å². The molecule has 2 aliphatic heterocycles. The maximum absolute atomic E-state index is 13.1. The molecule has 138 valence electrons. The highest BCUT2D eigenvalue weighted by Gasteiger charge is 2.33. The quantitative estimate of drug-likeness (QED) is 0.809. The number of hydrogen-bond donors (Lipinski definition) is 0. The van der Waals surface area contributed by atoms with Gasteiger partial charge in [-0.05, 0) is 63.1 Å². The smallest absolute Gasteiger partial charge is 0.276 e. The van der Waals surface area contributed by atoms with E-state index in [4.69, 9.17) is 4.52 Å². The fourth-order valence-electron chi connectivity index (χ4n) is 4.76. The van der Waals surface area contributed by atoms with E-state index in [1.54, 1.807) is 11.3 Å². The molecular weight excluding hydrogens is 346 g/mol. The minimum atomic E-state index is 0.0609. The average Bonchev–Trinajstić information content (AvgIpc) is 3.34. The molecular formula is C20H25N3O2S. The van der Waals surface area contributed by atoms with Gasteiger partial charge in [0.15, 0.2) is 11.5 Å². The van der Waals surface area contributed by atoms with Crippen LogP contribution in [0.1, 0.15) is 53.0 Å². The van der Waals surface area contributed by atoms with Gasteiger partial charge in [0.25, 0.3) is 5.91 Å². The van der Waals surface area contributed by atoms with Crippen LogP contribution < -0.4 is 0 Å². The number of likely N-dealkylation sites (tertiary alicyclic amines) is 2. The second kappa shape index (κ2) is 6.82. The molecule has 5 nitrogen and oxygen atoms in total.